The summed E-state index contributed by atoms with van der Waals surface area (Å²) in [5.41, 5.74) is 2.41. The van der Waals surface area contributed by atoms with Crippen LogP contribution in [0.5, 0.6) is 0 Å². The van der Waals surface area contributed by atoms with Gasteiger partial charge in [0.25, 0.3) is 0 Å². The minimum absolute atomic E-state index is 0.562. The zero-order chi connectivity index (χ0) is 15.6. The molecule has 0 amide bonds. The lowest BCUT2D eigenvalue weighted by molar-refractivity contribution is 0.896. The number of aromatic nitrogens is 4. The van der Waals surface area contributed by atoms with Crippen molar-refractivity contribution in [3.8, 4) is 6.07 Å². The normalized spacial score (nSPS) is 13.9. The van der Waals surface area contributed by atoms with Crippen molar-refractivity contribution >= 4 is 23.2 Å². The van der Waals surface area contributed by atoms with Crippen LogP contribution in [0.4, 0.5) is 5.82 Å². The highest BCUT2D eigenvalue weighted by molar-refractivity contribution is 8.00. The maximum absolute atomic E-state index is 9.63. The quantitative estimate of drug-likeness (QED) is 0.728. The number of anilines is 1. The molecule has 0 atom stereocenters. The van der Waals surface area contributed by atoms with Gasteiger partial charge in [-0.1, -0.05) is 0 Å². The van der Waals surface area contributed by atoms with E-state index in [1.807, 2.05) is 18.2 Å². The van der Waals surface area contributed by atoms with Crippen LogP contribution < -0.4 is 5.32 Å². The lowest BCUT2D eigenvalue weighted by Crippen LogP contribution is -2.10. The van der Waals surface area contributed by atoms with Gasteiger partial charge >= 0.3 is 0 Å². The van der Waals surface area contributed by atoms with Gasteiger partial charge in [-0.05, 0) is 30.5 Å². The molecule has 0 aromatic carbocycles. The van der Waals surface area contributed by atoms with Gasteiger partial charge in [0.1, 0.15) is 16.7 Å². The van der Waals surface area contributed by atoms with Crippen LogP contribution in [0.2, 0.25) is 0 Å². The van der Waals surface area contributed by atoms with E-state index < -0.39 is 0 Å². The second-order valence-electron chi connectivity index (χ2n) is 5.38. The number of hydrogen-bond donors (Lipinski definition) is 1. The van der Waals surface area contributed by atoms with Gasteiger partial charge in [0.05, 0.1) is 6.20 Å². The Morgan fingerprint density at radius 2 is 2.09 bits per heavy atom. The molecule has 7 heteroatoms. The molecular weight excluding hydrogens is 308 g/mol. The summed E-state index contributed by atoms with van der Waals surface area (Å²) >= 11 is 1.69. The molecule has 0 bridgehead atoms. The smallest absolute Gasteiger partial charge is 0.158 e. The minimum Gasteiger partial charge on any atom is -0.365 e. The molecule has 1 saturated carbocycles. The number of thioether (sulfide) groups is 1. The van der Waals surface area contributed by atoms with E-state index in [1.54, 1.807) is 34.9 Å². The molecule has 1 fully saturated rings. The zero-order valence-corrected chi connectivity index (χ0v) is 13.1. The van der Waals surface area contributed by atoms with E-state index in [2.05, 4.69) is 26.5 Å². The molecule has 6 nitrogen and oxygen atoms in total. The second-order valence-corrected chi connectivity index (χ2v) is 6.67. The molecule has 1 aliphatic rings. The molecule has 3 aromatic rings. The van der Waals surface area contributed by atoms with Crippen molar-refractivity contribution in [2.75, 3.05) is 5.32 Å². The van der Waals surface area contributed by atoms with Gasteiger partial charge in [-0.2, -0.15) is 14.9 Å². The molecule has 4 rings (SSSR count). The molecular formula is C16H14N6S. The molecule has 0 spiro atoms. The highest BCUT2D eigenvalue weighted by Crippen LogP contribution is 2.41. The first-order chi connectivity index (χ1) is 11.3. The van der Waals surface area contributed by atoms with Crippen LogP contribution in [0, 0.1) is 11.3 Å². The Hall–Kier alpha value is -2.59. The lowest BCUT2D eigenvalue weighted by atomic mass is 10.2. The zero-order valence-electron chi connectivity index (χ0n) is 12.3. The summed E-state index contributed by atoms with van der Waals surface area (Å²) in [6.45, 7) is 0.601. The lowest BCUT2D eigenvalue weighted by Gasteiger charge is -2.13. The van der Waals surface area contributed by atoms with Gasteiger partial charge in [0.2, 0.25) is 0 Å². The van der Waals surface area contributed by atoms with Gasteiger partial charge in [0, 0.05) is 30.3 Å². The third kappa shape index (κ3) is 2.85. The predicted octanol–water partition coefficient (Wildman–Crippen LogP) is 2.86. The van der Waals surface area contributed by atoms with Crippen LogP contribution in [-0.2, 0) is 6.54 Å². The average molecular weight is 322 g/mol. The summed E-state index contributed by atoms with van der Waals surface area (Å²) in [6.07, 6.45) is 7.61. The Morgan fingerprint density at radius 3 is 2.83 bits per heavy atom. The Balaban J connectivity index is 1.73. The number of pyridine rings is 1. The van der Waals surface area contributed by atoms with Crippen LogP contribution in [0.25, 0.3) is 5.65 Å². The molecule has 0 unspecified atom stereocenters. The largest absolute Gasteiger partial charge is 0.365 e. The summed E-state index contributed by atoms with van der Waals surface area (Å²) in [4.78, 5) is 8.61. The van der Waals surface area contributed by atoms with Crippen molar-refractivity contribution in [1.29, 1.82) is 5.26 Å². The molecule has 114 valence electrons. The molecule has 3 aromatic heterocycles. The fourth-order valence-electron chi connectivity index (χ4n) is 2.30. The Bertz CT molecular complexity index is 879. The van der Waals surface area contributed by atoms with Crippen molar-refractivity contribution in [3.05, 3.63) is 47.9 Å². The number of fused-ring (bicyclic) bond motifs is 1. The Labute approximate surface area is 137 Å². The summed E-state index contributed by atoms with van der Waals surface area (Å²) < 4.78 is 1.69. The maximum Gasteiger partial charge on any atom is 0.158 e. The van der Waals surface area contributed by atoms with Crippen LogP contribution in [0.15, 0.2) is 41.8 Å². The van der Waals surface area contributed by atoms with Gasteiger partial charge in [0.15, 0.2) is 11.5 Å². The fraction of sp³-hybridized carbons (Fsp3) is 0.250. The van der Waals surface area contributed by atoms with Crippen LogP contribution >= 0.6 is 11.8 Å². The molecule has 3 heterocycles. The number of nitriles is 1. The predicted molar refractivity (Wildman–Crippen MR) is 88.1 cm³/mol. The summed E-state index contributed by atoms with van der Waals surface area (Å²) in [5.74, 6) is 0.697. The second kappa shape index (κ2) is 5.89. The van der Waals surface area contributed by atoms with Gasteiger partial charge < -0.3 is 5.32 Å². The highest BCUT2D eigenvalue weighted by Gasteiger charge is 2.26. The molecule has 1 N–H and O–H groups in total. The summed E-state index contributed by atoms with van der Waals surface area (Å²) in [5, 5.41) is 18.6. The fourth-order valence-corrected chi connectivity index (χ4v) is 3.39. The number of nitrogens with one attached hydrogen (secondary N) is 1. The minimum atomic E-state index is 0.562. The standard InChI is InChI=1S/C16H14N6S/c17-9-13-15(19-10-11-3-6-18-7-4-11)22-14(5-8-20-22)21-16(13)23-12-1-2-12/h3-8,12,19H,1-2,10H2. The van der Waals surface area contributed by atoms with Crippen molar-refractivity contribution in [1.82, 2.24) is 19.6 Å². The van der Waals surface area contributed by atoms with Crippen molar-refractivity contribution in [3.63, 3.8) is 0 Å². The molecule has 0 saturated heterocycles. The van der Waals surface area contributed by atoms with E-state index in [0.29, 0.717) is 23.2 Å². The van der Waals surface area contributed by atoms with E-state index in [4.69, 9.17) is 0 Å². The van der Waals surface area contributed by atoms with Gasteiger partial charge in [-0.3, -0.25) is 4.98 Å². The Morgan fingerprint density at radius 1 is 1.26 bits per heavy atom. The molecule has 0 radical (unpaired) electrons. The highest BCUT2D eigenvalue weighted by atomic mass is 32.2. The first kappa shape index (κ1) is 14.0. The van der Waals surface area contributed by atoms with Gasteiger partial charge in [-0.15, -0.1) is 11.8 Å². The molecule has 23 heavy (non-hydrogen) atoms. The van der Waals surface area contributed by atoms with Crippen molar-refractivity contribution in [2.24, 2.45) is 0 Å². The monoisotopic (exact) mass is 322 g/mol. The number of hydrogen-bond acceptors (Lipinski definition) is 6. The van der Waals surface area contributed by atoms with Crippen LogP contribution in [-0.4, -0.2) is 24.8 Å². The van der Waals surface area contributed by atoms with E-state index in [9.17, 15) is 5.26 Å². The summed E-state index contributed by atoms with van der Waals surface area (Å²) in [7, 11) is 0. The molecule has 0 aliphatic heterocycles. The third-order valence-electron chi connectivity index (χ3n) is 3.63. The van der Waals surface area contributed by atoms with E-state index in [1.165, 1.54) is 12.8 Å². The Kier molecular flexibility index (Phi) is 3.60. The average Bonchev–Trinajstić information content (AvgIpc) is 3.27. The third-order valence-corrected chi connectivity index (χ3v) is 4.95. The van der Waals surface area contributed by atoms with E-state index >= 15 is 0 Å². The first-order valence-corrected chi connectivity index (χ1v) is 8.30. The van der Waals surface area contributed by atoms with Gasteiger partial charge in [-0.25, -0.2) is 4.98 Å². The van der Waals surface area contributed by atoms with Crippen molar-refractivity contribution < 1.29 is 0 Å². The van der Waals surface area contributed by atoms with Crippen LogP contribution in [0.1, 0.15) is 24.0 Å². The first-order valence-electron chi connectivity index (χ1n) is 7.42. The van der Waals surface area contributed by atoms with Crippen molar-refractivity contribution in [2.45, 2.75) is 29.7 Å². The number of nitrogens with zero attached hydrogens (tertiary/aromatic N) is 5. The van der Waals surface area contributed by atoms with E-state index in [0.717, 1.165) is 16.2 Å². The summed E-state index contributed by atoms with van der Waals surface area (Å²) in [6, 6.07) is 8.04. The SMILES string of the molecule is N#Cc1c(SC2CC2)nc2ccnn2c1NCc1ccncc1. The maximum atomic E-state index is 9.63. The van der Waals surface area contributed by atoms with Crippen LogP contribution in [0.3, 0.4) is 0 Å². The molecule has 1 aliphatic carbocycles. The van der Waals surface area contributed by atoms with E-state index in [-0.39, 0.29) is 0 Å². The topological polar surface area (TPSA) is 78.9 Å². The number of rotatable bonds is 5.